The normalized spacial score (nSPS) is 17.8. The maximum Gasteiger partial charge on any atom is 0.301 e. The van der Waals surface area contributed by atoms with Crippen molar-refractivity contribution in [1.82, 2.24) is 19.9 Å². The van der Waals surface area contributed by atoms with E-state index in [1.807, 2.05) is 6.07 Å². The van der Waals surface area contributed by atoms with E-state index in [1.54, 1.807) is 42.9 Å². The maximum atomic E-state index is 14.7. The highest BCUT2D eigenvalue weighted by Gasteiger charge is 2.48. The largest absolute Gasteiger partial charge is 0.483 e. The summed E-state index contributed by atoms with van der Waals surface area (Å²) in [6.07, 6.45) is 1.79. The molecule has 0 radical (unpaired) electrons. The standard InChI is InChI=1S/C24H22F2N6O3/c1-15(33)22(34)32-11-7-21(24(25,26)14-32)35-20-3-2-16(12-17(20)13-27)19-6-10-29-23(31-19)30-18-4-8-28-9-5-18/h2-6,8-10,12,15,21,33H,7,11,14H2,1H3,(H,28,29,30,31)/t15-,21?/m0/s1. The molecule has 1 aliphatic rings. The predicted octanol–water partition coefficient (Wildman–Crippen LogP) is 3.15. The number of rotatable bonds is 6. The fourth-order valence-electron chi connectivity index (χ4n) is 3.69. The summed E-state index contributed by atoms with van der Waals surface area (Å²) in [7, 11) is 0. The molecule has 0 spiro atoms. The van der Waals surface area contributed by atoms with E-state index in [0.29, 0.717) is 17.2 Å². The van der Waals surface area contributed by atoms with Gasteiger partial charge in [0, 0.05) is 42.8 Å². The van der Waals surface area contributed by atoms with Crippen molar-refractivity contribution >= 4 is 17.5 Å². The van der Waals surface area contributed by atoms with Gasteiger partial charge in [0.25, 0.3) is 5.91 Å². The minimum atomic E-state index is -3.35. The number of nitrogens with one attached hydrogen (secondary N) is 1. The SMILES string of the molecule is C[C@H](O)C(=O)N1CCC(Oc2ccc(-c3ccnc(Nc4ccncc4)n3)cc2C#N)C(F)(F)C1. The zero-order chi connectivity index (χ0) is 25.0. The zero-order valence-corrected chi connectivity index (χ0v) is 18.7. The number of halogens is 2. The van der Waals surface area contributed by atoms with Crippen molar-refractivity contribution in [3.63, 3.8) is 0 Å². The van der Waals surface area contributed by atoms with E-state index in [9.17, 15) is 23.9 Å². The third kappa shape index (κ3) is 5.50. The summed E-state index contributed by atoms with van der Waals surface area (Å²) in [4.78, 5) is 25.4. The first kappa shape index (κ1) is 24.0. The first-order valence-corrected chi connectivity index (χ1v) is 10.8. The minimum Gasteiger partial charge on any atom is -0.483 e. The number of aliphatic hydroxyl groups excluding tert-OH is 1. The second-order valence-electron chi connectivity index (χ2n) is 8.04. The van der Waals surface area contributed by atoms with Gasteiger partial charge in [0.1, 0.15) is 17.9 Å². The van der Waals surface area contributed by atoms with Gasteiger partial charge < -0.3 is 20.1 Å². The number of benzene rings is 1. The van der Waals surface area contributed by atoms with Crippen LogP contribution >= 0.6 is 0 Å². The number of carbonyl (C=O) groups excluding carboxylic acids is 1. The fourth-order valence-corrected chi connectivity index (χ4v) is 3.69. The number of carbonyl (C=O) groups is 1. The molecule has 11 heteroatoms. The molecular formula is C24H22F2N6O3. The lowest BCUT2D eigenvalue weighted by atomic mass is 10.0. The molecule has 2 N–H and O–H groups in total. The number of alkyl halides is 2. The quantitative estimate of drug-likeness (QED) is 0.551. The molecule has 3 aromatic rings. The smallest absolute Gasteiger partial charge is 0.301 e. The van der Waals surface area contributed by atoms with Gasteiger partial charge in [0.15, 0.2) is 6.10 Å². The molecule has 2 atom stereocenters. The van der Waals surface area contributed by atoms with Crippen molar-refractivity contribution in [1.29, 1.82) is 5.26 Å². The van der Waals surface area contributed by atoms with Crippen LogP contribution in [0.5, 0.6) is 5.75 Å². The van der Waals surface area contributed by atoms with Crippen LogP contribution in [0.15, 0.2) is 55.0 Å². The van der Waals surface area contributed by atoms with Crippen LogP contribution in [0, 0.1) is 11.3 Å². The summed E-state index contributed by atoms with van der Waals surface area (Å²) in [6, 6.07) is 11.8. The lowest BCUT2D eigenvalue weighted by Crippen LogP contribution is -2.56. The first-order chi connectivity index (χ1) is 16.8. The van der Waals surface area contributed by atoms with Gasteiger partial charge >= 0.3 is 5.92 Å². The molecule has 1 amide bonds. The lowest BCUT2D eigenvalue weighted by Gasteiger charge is -2.38. The molecular weight excluding hydrogens is 458 g/mol. The number of nitriles is 1. The van der Waals surface area contributed by atoms with Crippen LogP contribution in [0.4, 0.5) is 20.4 Å². The van der Waals surface area contributed by atoms with Crippen LogP contribution in [0.2, 0.25) is 0 Å². The molecule has 0 aliphatic carbocycles. The molecule has 9 nitrogen and oxygen atoms in total. The second-order valence-corrected chi connectivity index (χ2v) is 8.04. The third-order valence-corrected chi connectivity index (χ3v) is 5.46. The third-order valence-electron chi connectivity index (χ3n) is 5.46. The summed E-state index contributed by atoms with van der Waals surface area (Å²) >= 11 is 0. The van der Waals surface area contributed by atoms with E-state index in [-0.39, 0.29) is 24.3 Å². The van der Waals surface area contributed by atoms with Crippen molar-refractivity contribution in [2.24, 2.45) is 0 Å². The van der Waals surface area contributed by atoms with Gasteiger partial charge in [-0.3, -0.25) is 9.78 Å². The van der Waals surface area contributed by atoms with Crippen molar-refractivity contribution in [2.45, 2.75) is 31.5 Å². The fraction of sp³-hybridized carbons (Fsp3) is 0.292. The summed E-state index contributed by atoms with van der Waals surface area (Å²) < 4.78 is 35.0. The molecule has 1 fully saturated rings. The monoisotopic (exact) mass is 480 g/mol. The number of hydrogen-bond donors (Lipinski definition) is 2. The van der Waals surface area contributed by atoms with Crippen LogP contribution in [-0.2, 0) is 4.79 Å². The molecule has 4 rings (SSSR count). The highest BCUT2D eigenvalue weighted by Crippen LogP contribution is 2.34. The Morgan fingerprint density at radius 3 is 2.74 bits per heavy atom. The molecule has 1 aromatic carbocycles. The first-order valence-electron chi connectivity index (χ1n) is 10.8. The number of amides is 1. The van der Waals surface area contributed by atoms with Gasteiger partial charge in [-0.2, -0.15) is 5.26 Å². The van der Waals surface area contributed by atoms with E-state index >= 15 is 0 Å². The molecule has 1 saturated heterocycles. The van der Waals surface area contributed by atoms with Crippen LogP contribution in [-0.4, -0.2) is 62.1 Å². The van der Waals surface area contributed by atoms with Gasteiger partial charge in [-0.25, -0.2) is 18.7 Å². The summed E-state index contributed by atoms with van der Waals surface area (Å²) in [5.74, 6) is -3.76. The number of nitrogens with zero attached hydrogens (tertiary/aromatic N) is 5. The van der Waals surface area contributed by atoms with Gasteiger partial charge in [0.05, 0.1) is 17.8 Å². The van der Waals surface area contributed by atoms with E-state index in [2.05, 4.69) is 20.3 Å². The van der Waals surface area contributed by atoms with E-state index in [4.69, 9.17) is 4.74 Å². The minimum absolute atomic E-state index is 0.0121. The Kier molecular flexibility index (Phi) is 6.84. The number of hydrogen-bond acceptors (Lipinski definition) is 8. The van der Waals surface area contributed by atoms with Gasteiger partial charge in [0.2, 0.25) is 5.95 Å². The molecule has 35 heavy (non-hydrogen) atoms. The molecule has 2 aromatic heterocycles. The Labute approximate surface area is 200 Å². The molecule has 1 aliphatic heterocycles. The average molecular weight is 480 g/mol. The maximum absolute atomic E-state index is 14.7. The van der Waals surface area contributed by atoms with E-state index < -0.39 is 30.6 Å². The van der Waals surface area contributed by atoms with Gasteiger partial charge in [-0.05, 0) is 43.3 Å². The Morgan fingerprint density at radius 2 is 2.06 bits per heavy atom. The summed E-state index contributed by atoms with van der Waals surface area (Å²) in [5.41, 5.74) is 1.93. The summed E-state index contributed by atoms with van der Waals surface area (Å²) in [6.45, 7) is 0.382. The Bertz CT molecular complexity index is 1250. The van der Waals surface area contributed by atoms with Crippen molar-refractivity contribution in [3.8, 4) is 23.1 Å². The number of ether oxygens (including phenoxy) is 1. The Balaban J connectivity index is 1.51. The number of piperidine rings is 1. The lowest BCUT2D eigenvalue weighted by molar-refractivity contribution is -0.165. The van der Waals surface area contributed by atoms with Crippen LogP contribution < -0.4 is 10.1 Å². The van der Waals surface area contributed by atoms with Crippen molar-refractivity contribution < 1.29 is 23.4 Å². The molecule has 180 valence electrons. The highest BCUT2D eigenvalue weighted by atomic mass is 19.3. The van der Waals surface area contributed by atoms with Crippen molar-refractivity contribution in [3.05, 3.63) is 60.6 Å². The number of likely N-dealkylation sites (tertiary alicyclic amines) is 1. The van der Waals surface area contributed by atoms with Crippen LogP contribution in [0.25, 0.3) is 11.3 Å². The number of aromatic nitrogens is 3. The van der Waals surface area contributed by atoms with Crippen LogP contribution in [0.3, 0.4) is 0 Å². The van der Waals surface area contributed by atoms with Gasteiger partial charge in [-0.15, -0.1) is 0 Å². The Morgan fingerprint density at radius 1 is 1.29 bits per heavy atom. The molecule has 0 bridgehead atoms. The van der Waals surface area contributed by atoms with E-state index in [0.717, 1.165) is 10.6 Å². The highest BCUT2D eigenvalue weighted by molar-refractivity contribution is 5.80. The zero-order valence-electron chi connectivity index (χ0n) is 18.7. The number of pyridine rings is 1. The topological polar surface area (TPSA) is 124 Å². The Hall–Kier alpha value is -4.17. The molecule has 3 heterocycles. The number of anilines is 2. The number of aliphatic hydroxyl groups is 1. The van der Waals surface area contributed by atoms with Gasteiger partial charge in [-0.1, -0.05) is 0 Å². The molecule has 0 saturated carbocycles. The van der Waals surface area contributed by atoms with Crippen LogP contribution in [0.1, 0.15) is 18.9 Å². The van der Waals surface area contributed by atoms with E-state index in [1.165, 1.54) is 19.1 Å². The molecule has 1 unspecified atom stereocenters. The predicted molar refractivity (Wildman–Crippen MR) is 122 cm³/mol. The average Bonchev–Trinajstić information content (AvgIpc) is 2.85. The second kappa shape index (κ2) is 9.99. The van der Waals surface area contributed by atoms with Crippen molar-refractivity contribution in [2.75, 3.05) is 18.4 Å². The summed E-state index contributed by atoms with van der Waals surface area (Å²) in [5, 5.41) is 22.1.